The van der Waals surface area contributed by atoms with Gasteiger partial charge in [0, 0.05) is 10.8 Å². The number of thiazole rings is 1. The van der Waals surface area contributed by atoms with Gasteiger partial charge in [-0.25, -0.2) is 13.8 Å². The maximum atomic E-state index is 13.5. The molecule has 2 rings (SSSR count). The van der Waals surface area contributed by atoms with Crippen LogP contribution in [0, 0.1) is 11.6 Å². The summed E-state index contributed by atoms with van der Waals surface area (Å²) in [5, 5.41) is 4.68. The van der Waals surface area contributed by atoms with Crippen LogP contribution in [0.3, 0.4) is 0 Å². The van der Waals surface area contributed by atoms with Gasteiger partial charge in [-0.05, 0) is 18.2 Å². The second-order valence-corrected chi connectivity index (χ2v) is 6.22. The SMILES string of the molecule is CC(C)(C)c1csc(NC(=O)c2cc(F)ccc2F)n1. The van der Waals surface area contributed by atoms with Gasteiger partial charge in [-0.2, -0.15) is 0 Å². The Morgan fingerprint density at radius 2 is 2.00 bits per heavy atom. The third-order valence-corrected chi connectivity index (χ3v) is 3.42. The molecule has 1 amide bonds. The van der Waals surface area contributed by atoms with E-state index >= 15 is 0 Å². The Hall–Kier alpha value is -1.82. The highest BCUT2D eigenvalue weighted by atomic mass is 32.1. The summed E-state index contributed by atoms with van der Waals surface area (Å²) in [6, 6.07) is 2.75. The van der Waals surface area contributed by atoms with Crippen molar-refractivity contribution in [2.45, 2.75) is 26.2 Å². The molecule has 0 atom stereocenters. The highest BCUT2D eigenvalue weighted by molar-refractivity contribution is 7.14. The normalized spacial score (nSPS) is 11.4. The van der Waals surface area contributed by atoms with Crippen LogP contribution < -0.4 is 5.32 Å². The molecule has 0 aliphatic carbocycles. The van der Waals surface area contributed by atoms with Gasteiger partial charge in [0.2, 0.25) is 0 Å². The van der Waals surface area contributed by atoms with Crippen LogP contribution in [0.2, 0.25) is 0 Å². The van der Waals surface area contributed by atoms with Crippen LogP contribution in [0.4, 0.5) is 13.9 Å². The second kappa shape index (κ2) is 5.28. The van der Waals surface area contributed by atoms with E-state index in [-0.39, 0.29) is 11.0 Å². The Labute approximate surface area is 119 Å². The third-order valence-electron chi connectivity index (χ3n) is 2.67. The topological polar surface area (TPSA) is 42.0 Å². The monoisotopic (exact) mass is 296 g/mol. The average molecular weight is 296 g/mol. The van der Waals surface area contributed by atoms with Crippen LogP contribution in [0.15, 0.2) is 23.6 Å². The number of benzene rings is 1. The van der Waals surface area contributed by atoms with Crippen LogP contribution in [-0.4, -0.2) is 10.9 Å². The van der Waals surface area contributed by atoms with Gasteiger partial charge in [-0.3, -0.25) is 10.1 Å². The maximum absolute atomic E-state index is 13.5. The molecule has 0 aliphatic rings. The van der Waals surface area contributed by atoms with E-state index in [4.69, 9.17) is 0 Å². The van der Waals surface area contributed by atoms with Crippen LogP contribution in [0.5, 0.6) is 0 Å². The second-order valence-electron chi connectivity index (χ2n) is 5.37. The van der Waals surface area contributed by atoms with Crippen LogP contribution in [0.25, 0.3) is 0 Å². The first-order valence-corrected chi connectivity index (χ1v) is 6.88. The van der Waals surface area contributed by atoms with Gasteiger partial charge in [-0.1, -0.05) is 20.8 Å². The first-order valence-electron chi connectivity index (χ1n) is 6.00. The number of nitrogens with one attached hydrogen (secondary N) is 1. The predicted octanol–water partition coefficient (Wildman–Crippen LogP) is 3.97. The van der Waals surface area contributed by atoms with Gasteiger partial charge < -0.3 is 0 Å². The van der Waals surface area contributed by atoms with Gasteiger partial charge in [0.05, 0.1) is 11.3 Å². The smallest absolute Gasteiger partial charge is 0.260 e. The van der Waals surface area contributed by atoms with Gasteiger partial charge in [-0.15, -0.1) is 11.3 Å². The number of anilines is 1. The molecule has 0 spiro atoms. The summed E-state index contributed by atoms with van der Waals surface area (Å²) in [6.07, 6.45) is 0. The van der Waals surface area contributed by atoms with Crippen molar-refractivity contribution in [2.24, 2.45) is 0 Å². The minimum atomic E-state index is -0.767. The van der Waals surface area contributed by atoms with Crippen molar-refractivity contribution in [2.75, 3.05) is 5.32 Å². The molecule has 0 saturated heterocycles. The maximum Gasteiger partial charge on any atom is 0.260 e. The molecule has 2 aromatic rings. The summed E-state index contributed by atoms with van der Waals surface area (Å²) < 4.78 is 26.5. The number of amides is 1. The Bertz CT molecular complexity index is 647. The molecule has 0 aliphatic heterocycles. The lowest BCUT2D eigenvalue weighted by atomic mass is 9.93. The molecule has 3 nitrogen and oxygen atoms in total. The molecule has 106 valence electrons. The Morgan fingerprint density at radius 3 is 2.60 bits per heavy atom. The molecular formula is C14H14F2N2OS. The van der Waals surface area contributed by atoms with Crippen molar-refractivity contribution in [1.82, 2.24) is 4.98 Å². The predicted molar refractivity (Wildman–Crippen MR) is 75.1 cm³/mol. The van der Waals surface area contributed by atoms with Crippen molar-refractivity contribution in [3.63, 3.8) is 0 Å². The summed E-state index contributed by atoms with van der Waals surface area (Å²) in [5.74, 6) is -2.14. The van der Waals surface area contributed by atoms with Crippen LogP contribution in [-0.2, 0) is 5.41 Å². The van der Waals surface area contributed by atoms with E-state index in [1.165, 1.54) is 11.3 Å². The fourth-order valence-corrected chi connectivity index (χ4v) is 2.44. The highest BCUT2D eigenvalue weighted by Crippen LogP contribution is 2.26. The summed E-state index contributed by atoms with van der Waals surface area (Å²) >= 11 is 1.25. The lowest BCUT2D eigenvalue weighted by molar-refractivity contribution is 0.102. The standard InChI is InChI=1S/C14H14F2N2OS/c1-14(2,3)11-7-20-13(17-11)18-12(19)9-6-8(15)4-5-10(9)16/h4-7H,1-3H3,(H,17,18,19). The number of aromatic nitrogens is 1. The fraction of sp³-hybridized carbons (Fsp3) is 0.286. The fourth-order valence-electron chi connectivity index (χ4n) is 1.51. The van der Waals surface area contributed by atoms with Gasteiger partial charge in [0.1, 0.15) is 11.6 Å². The number of halogens is 2. The minimum absolute atomic E-state index is 0.135. The van der Waals surface area contributed by atoms with E-state index in [2.05, 4.69) is 10.3 Å². The number of hydrogen-bond donors (Lipinski definition) is 1. The van der Waals surface area contributed by atoms with Crippen molar-refractivity contribution >= 4 is 22.4 Å². The summed E-state index contributed by atoms with van der Waals surface area (Å²) in [4.78, 5) is 16.2. The Balaban J connectivity index is 2.20. The number of carbonyl (C=O) groups is 1. The van der Waals surface area contributed by atoms with Crippen molar-refractivity contribution < 1.29 is 13.6 Å². The molecular weight excluding hydrogens is 282 g/mol. The molecule has 1 N–H and O–H groups in total. The van der Waals surface area contributed by atoms with E-state index in [1.807, 2.05) is 26.2 Å². The molecule has 6 heteroatoms. The Morgan fingerprint density at radius 1 is 1.30 bits per heavy atom. The first-order chi connectivity index (χ1) is 9.27. The zero-order chi connectivity index (χ0) is 14.9. The van der Waals surface area contributed by atoms with Gasteiger partial charge in [0.15, 0.2) is 5.13 Å². The highest BCUT2D eigenvalue weighted by Gasteiger charge is 2.19. The zero-order valence-electron chi connectivity index (χ0n) is 11.3. The molecule has 0 unspecified atom stereocenters. The van der Waals surface area contributed by atoms with E-state index in [1.54, 1.807) is 0 Å². The average Bonchev–Trinajstić information content (AvgIpc) is 2.80. The number of nitrogens with zero attached hydrogens (tertiary/aromatic N) is 1. The van der Waals surface area contributed by atoms with Crippen LogP contribution >= 0.6 is 11.3 Å². The first kappa shape index (κ1) is 14.6. The van der Waals surface area contributed by atoms with Crippen molar-refractivity contribution in [3.8, 4) is 0 Å². The van der Waals surface area contributed by atoms with Crippen molar-refractivity contribution in [1.29, 1.82) is 0 Å². The molecule has 1 heterocycles. The van der Waals surface area contributed by atoms with E-state index < -0.39 is 17.5 Å². The van der Waals surface area contributed by atoms with Crippen LogP contribution in [0.1, 0.15) is 36.8 Å². The van der Waals surface area contributed by atoms with E-state index in [0.717, 1.165) is 23.9 Å². The summed E-state index contributed by atoms with van der Waals surface area (Å²) in [7, 11) is 0. The third kappa shape index (κ3) is 3.19. The zero-order valence-corrected chi connectivity index (χ0v) is 12.1. The summed E-state index contributed by atoms with van der Waals surface area (Å²) in [6.45, 7) is 6.00. The quantitative estimate of drug-likeness (QED) is 0.911. The van der Waals surface area contributed by atoms with E-state index in [9.17, 15) is 13.6 Å². The molecule has 1 aromatic heterocycles. The lowest BCUT2D eigenvalue weighted by Gasteiger charge is -2.14. The molecule has 0 radical (unpaired) electrons. The lowest BCUT2D eigenvalue weighted by Crippen LogP contribution is -2.15. The molecule has 0 saturated carbocycles. The number of hydrogen-bond acceptors (Lipinski definition) is 3. The number of rotatable bonds is 2. The van der Waals surface area contributed by atoms with Crippen molar-refractivity contribution in [3.05, 3.63) is 46.5 Å². The van der Waals surface area contributed by atoms with Gasteiger partial charge >= 0.3 is 0 Å². The molecule has 20 heavy (non-hydrogen) atoms. The van der Waals surface area contributed by atoms with Gasteiger partial charge in [0.25, 0.3) is 5.91 Å². The Kier molecular flexibility index (Phi) is 3.85. The minimum Gasteiger partial charge on any atom is -0.298 e. The molecule has 0 bridgehead atoms. The molecule has 1 aromatic carbocycles. The largest absolute Gasteiger partial charge is 0.298 e. The summed E-state index contributed by atoms with van der Waals surface area (Å²) in [5.41, 5.74) is 0.360. The van der Waals surface area contributed by atoms with E-state index in [0.29, 0.717) is 5.13 Å². The number of carbonyl (C=O) groups excluding carboxylic acids is 1. The molecule has 0 fully saturated rings.